The first-order valence-electron chi connectivity index (χ1n) is 6.92. The average Bonchev–Trinajstić information content (AvgIpc) is 2.89. The van der Waals surface area contributed by atoms with E-state index in [0.717, 1.165) is 24.2 Å². The van der Waals surface area contributed by atoms with Crippen molar-refractivity contribution in [1.82, 2.24) is 5.32 Å². The molecule has 1 unspecified atom stereocenters. The summed E-state index contributed by atoms with van der Waals surface area (Å²) in [6.07, 6.45) is 4.50. The van der Waals surface area contributed by atoms with Crippen LogP contribution < -0.4 is 10.1 Å². The highest BCUT2D eigenvalue weighted by Crippen LogP contribution is 2.24. The SMILES string of the molecule is CCOc1cccc(C(NC2CCCC2)C(=O)O)c1. The molecule has 0 aliphatic heterocycles. The van der Waals surface area contributed by atoms with Gasteiger partial charge < -0.3 is 9.84 Å². The normalized spacial score (nSPS) is 17.3. The number of carboxylic acids is 1. The van der Waals surface area contributed by atoms with Crippen molar-refractivity contribution in [3.8, 4) is 5.75 Å². The monoisotopic (exact) mass is 263 g/mol. The zero-order valence-electron chi connectivity index (χ0n) is 11.3. The van der Waals surface area contributed by atoms with Gasteiger partial charge in [0.15, 0.2) is 0 Å². The second kappa shape index (κ2) is 6.57. The van der Waals surface area contributed by atoms with E-state index in [1.54, 1.807) is 0 Å². The molecule has 0 spiro atoms. The molecule has 1 fully saturated rings. The van der Waals surface area contributed by atoms with Crippen LogP contribution in [-0.4, -0.2) is 23.7 Å². The van der Waals surface area contributed by atoms with Crippen LogP contribution >= 0.6 is 0 Å². The molecule has 4 nitrogen and oxygen atoms in total. The van der Waals surface area contributed by atoms with E-state index in [1.165, 1.54) is 12.8 Å². The number of benzene rings is 1. The van der Waals surface area contributed by atoms with Gasteiger partial charge >= 0.3 is 5.97 Å². The van der Waals surface area contributed by atoms with Crippen molar-refractivity contribution in [2.45, 2.75) is 44.7 Å². The van der Waals surface area contributed by atoms with E-state index in [2.05, 4.69) is 5.32 Å². The van der Waals surface area contributed by atoms with Gasteiger partial charge in [0.1, 0.15) is 11.8 Å². The van der Waals surface area contributed by atoms with Crippen molar-refractivity contribution >= 4 is 5.97 Å². The molecule has 0 aromatic heterocycles. The topological polar surface area (TPSA) is 58.6 Å². The fourth-order valence-corrected chi connectivity index (χ4v) is 2.59. The molecule has 0 heterocycles. The highest BCUT2D eigenvalue weighted by molar-refractivity contribution is 5.75. The lowest BCUT2D eigenvalue weighted by molar-refractivity contribution is -0.139. The molecular formula is C15H21NO3. The first-order chi connectivity index (χ1) is 9.20. The molecule has 1 saturated carbocycles. The Bertz CT molecular complexity index is 427. The van der Waals surface area contributed by atoms with Crippen molar-refractivity contribution in [3.05, 3.63) is 29.8 Å². The van der Waals surface area contributed by atoms with E-state index in [-0.39, 0.29) is 0 Å². The fourth-order valence-electron chi connectivity index (χ4n) is 2.59. The summed E-state index contributed by atoms with van der Waals surface area (Å²) in [4.78, 5) is 11.5. The minimum Gasteiger partial charge on any atom is -0.494 e. The molecule has 0 radical (unpaired) electrons. The summed E-state index contributed by atoms with van der Waals surface area (Å²) in [7, 11) is 0. The zero-order chi connectivity index (χ0) is 13.7. The Hall–Kier alpha value is -1.55. The van der Waals surface area contributed by atoms with E-state index < -0.39 is 12.0 Å². The molecule has 0 amide bonds. The molecule has 1 aromatic rings. The molecule has 1 aromatic carbocycles. The number of carboxylic acid groups (broad SMARTS) is 1. The Morgan fingerprint density at radius 2 is 2.21 bits per heavy atom. The summed E-state index contributed by atoms with van der Waals surface area (Å²) in [6.45, 7) is 2.50. The molecule has 4 heteroatoms. The van der Waals surface area contributed by atoms with E-state index >= 15 is 0 Å². The predicted molar refractivity (Wildman–Crippen MR) is 73.4 cm³/mol. The number of rotatable bonds is 6. The van der Waals surface area contributed by atoms with Gasteiger partial charge in [0.25, 0.3) is 0 Å². The van der Waals surface area contributed by atoms with Gasteiger partial charge in [-0.15, -0.1) is 0 Å². The van der Waals surface area contributed by atoms with Gasteiger partial charge in [-0.1, -0.05) is 25.0 Å². The summed E-state index contributed by atoms with van der Waals surface area (Å²) >= 11 is 0. The molecule has 1 atom stereocenters. The number of nitrogens with one attached hydrogen (secondary N) is 1. The zero-order valence-corrected chi connectivity index (χ0v) is 11.3. The predicted octanol–water partition coefficient (Wildman–Crippen LogP) is 2.74. The van der Waals surface area contributed by atoms with Crippen molar-refractivity contribution in [2.75, 3.05) is 6.61 Å². The summed E-state index contributed by atoms with van der Waals surface area (Å²) in [5.41, 5.74) is 0.755. The third kappa shape index (κ3) is 3.70. The summed E-state index contributed by atoms with van der Waals surface area (Å²) in [5.74, 6) is -0.111. The molecule has 104 valence electrons. The number of hydrogen-bond donors (Lipinski definition) is 2. The van der Waals surface area contributed by atoms with Crippen LogP contribution in [0, 0.1) is 0 Å². The largest absolute Gasteiger partial charge is 0.494 e. The highest BCUT2D eigenvalue weighted by atomic mass is 16.5. The summed E-state index contributed by atoms with van der Waals surface area (Å²) in [5, 5.41) is 12.7. The molecule has 0 bridgehead atoms. The number of carbonyl (C=O) groups is 1. The minimum absolute atomic E-state index is 0.317. The molecule has 1 aliphatic carbocycles. The second-order valence-corrected chi connectivity index (χ2v) is 4.92. The Labute approximate surface area is 113 Å². The Morgan fingerprint density at radius 1 is 1.47 bits per heavy atom. The highest BCUT2D eigenvalue weighted by Gasteiger charge is 2.25. The van der Waals surface area contributed by atoms with Gasteiger partial charge in [-0.2, -0.15) is 0 Å². The number of ether oxygens (including phenoxy) is 1. The van der Waals surface area contributed by atoms with E-state index in [4.69, 9.17) is 4.74 Å². The maximum Gasteiger partial charge on any atom is 0.325 e. The quantitative estimate of drug-likeness (QED) is 0.828. The molecule has 2 N–H and O–H groups in total. The van der Waals surface area contributed by atoms with Gasteiger partial charge in [-0.25, -0.2) is 0 Å². The van der Waals surface area contributed by atoms with Crippen molar-refractivity contribution in [3.63, 3.8) is 0 Å². The van der Waals surface area contributed by atoms with Gasteiger partial charge in [-0.3, -0.25) is 10.1 Å². The molecule has 1 aliphatic rings. The minimum atomic E-state index is -0.833. The van der Waals surface area contributed by atoms with Crippen LogP contribution in [0.2, 0.25) is 0 Å². The smallest absolute Gasteiger partial charge is 0.325 e. The molecule has 0 saturated heterocycles. The average molecular weight is 263 g/mol. The third-order valence-electron chi connectivity index (χ3n) is 3.51. The maximum absolute atomic E-state index is 11.5. The Balaban J connectivity index is 2.13. The molecule has 19 heavy (non-hydrogen) atoms. The van der Waals surface area contributed by atoms with Crippen LogP contribution in [0.3, 0.4) is 0 Å². The second-order valence-electron chi connectivity index (χ2n) is 4.92. The van der Waals surface area contributed by atoms with Crippen molar-refractivity contribution in [2.24, 2.45) is 0 Å². The lowest BCUT2D eigenvalue weighted by Crippen LogP contribution is -2.35. The lowest BCUT2D eigenvalue weighted by atomic mass is 10.0. The van der Waals surface area contributed by atoms with Crippen molar-refractivity contribution < 1.29 is 14.6 Å². The van der Waals surface area contributed by atoms with Crippen LogP contribution in [0.4, 0.5) is 0 Å². The van der Waals surface area contributed by atoms with E-state index in [9.17, 15) is 9.90 Å². The number of hydrogen-bond acceptors (Lipinski definition) is 3. The maximum atomic E-state index is 11.5. The van der Waals surface area contributed by atoms with Crippen LogP contribution in [0.15, 0.2) is 24.3 Å². The van der Waals surface area contributed by atoms with Crippen molar-refractivity contribution in [1.29, 1.82) is 0 Å². The van der Waals surface area contributed by atoms with E-state index in [0.29, 0.717) is 12.6 Å². The first-order valence-corrected chi connectivity index (χ1v) is 6.92. The third-order valence-corrected chi connectivity index (χ3v) is 3.51. The summed E-state index contributed by atoms with van der Waals surface area (Å²) in [6, 6.07) is 7.00. The Morgan fingerprint density at radius 3 is 2.84 bits per heavy atom. The summed E-state index contributed by atoms with van der Waals surface area (Å²) < 4.78 is 5.43. The van der Waals surface area contributed by atoms with Gasteiger partial charge in [0.2, 0.25) is 0 Å². The van der Waals surface area contributed by atoms with Crippen LogP contribution in [0.5, 0.6) is 5.75 Å². The first kappa shape index (κ1) is 13.9. The molecule has 2 rings (SSSR count). The van der Waals surface area contributed by atoms with Crippen LogP contribution in [0.25, 0.3) is 0 Å². The Kier molecular flexibility index (Phi) is 4.80. The van der Waals surface area contributed by atoms with Gasteiger partial charge in [0, 0.05) is 6.04 Å². The fraction of sp³-hybridized carbons (Fsp3) is 0.533. The van der Waals surface area contributed by atoms with E-state index in [1.807, 2.05) is 31.2 Å². The van der Waals surface area contributed by atoms with Gasteiger partial charge in [0.05, 0.1) is 6.61 Å². The lowest BCUT2D eigenvalue weighted by Gasteiger charge is -2.20. The van der Waals surface area contributed by atoms with Gasteiger partial charge in [-0.05, 0) is 37.5 Å². The van der Waals surface area contributed by atoms with Crippen LogP contribution in [-0.2, 0) is 4.79 Å². The molecular weight excluding hydrogens is 242 g/mol. The standard InChI is InChI=1S/C15H21NO3/c1-2-19-13-9-5-6-11(10-13)14(15(17)18)16-12-7-3-4-8-12/h5-6,9-10,12,14,16H,2-4,7-8H2,1H3,(H,17,18). The number of aliphatic carboxylic acids is 1. The van der Waals surface area contributed by atoms with Crippen LogP contribution in [0.1, 0.15) is 44.2 Å².